The third-order valence-electron chi connectivity index (χ3n) is 4.23. The number of aryl methyl sites for hydroxylation is 1. The van der Waals surface area contributed by atoms with Crippen LogP contribution in [0.4, 0.5) is 5.69 Å². The van der Waals surface area contributed by atoms with Gasteiger partial charge in [-0.1, -0.05) is 19.8 Å². The predicted molar refractivity (Wildman–Crippen MR) is 84.9 cm³/mol. The second kappa shape index (κ2) is 6.64. The van der Waals surface area contributed by atoms with Gasteiger partial charge in [0.15, 0.2) is 9.84 Å². The van der Waals surface area contributed by atoms with E-state index >= 15 is 0 Å². The van der Waals surface area contributed by atoms with Gasteiger partial charge in [0.1, 0.15) is 0 Å². The van der Waals surface area contributed by atoms with Gasteiger partial charge in [-0.25, -0.2) is 8.42 Å². The average Bonchev–Trinajstić information content (AvgIpc) is 2.42. The summed E-state index contributed by atoms with van der Waals surface area (Å²) in [5.74, 6) is 0.640. The van der Waals surface area contributed by atoms with Crippen molar-refractivity contribution in [3.8, 4) is 0 Å². The van der Waals surface area contributed by atoms with Crippen LogP contribution in [0.3, 0.4) is 0 Å². The first kappa shape index (κ1) is 16.1. The molecule has 2 rings (SSSR count). The summed E-state index contributed by atoms with van der Waals surface area (Å²) in [6, 6.07) is 2.96. The van der Waals surface area contributed by atoms with Gasteiger partial charge in [-0.15, -0.1) is 0 Å². The molecule has 1 heterocycles. The van der Waals surface area contributed by atoms with Crippen molar-refractivity contribution in [3.63, 3.8) is 0 Å². The number of rotatable bonds is 5. The molecule has 1 aliphatic carbocycles. The number of nitrogens with two attached hydrogens (primary N) is 1. The molecule has 2 atom stereocenters. The monoisotopic (exact) mass is 312 g/mol. The number of aromatic nitrogens is 1. The maximum atomic E-state index is 12.4. The molecule has 5 nitrogen and oxygen atoms in total. The second-order valence-electron chi connectivity index (χ2n) is 6.11. The van der Waals surface area contributed by atoms with Crippen molar-refractivity contribution in [3.05, 3.63) is 28.7 Å². The first-order chi connectivity index (χ1) is 9.88. The van der Waals surface area contributed by atoms with Crippen LogP contribution in [0.15, 0.2) is 23.1 Å². The Morgan fingerprint density at radius 1 is 1.33 bits per heavy atom. The molecule has 2 unspecified atom stereocenters. The zero-order chi connectivity index (χ0) is 15.5. The highest BCUT2D eigenvalue weighted by Crippen LogP contribution is 2.28. The SMILES string of the molecule is CC1CCCC(S(=O)(=O)CCCn2cc(N)ccc2=O)C1. The Morgan fingerprint density at radius 2 is 2.10 bits per heavy atom. The maximum Gasteiger partial charge on any atom is 0.250 e. The Balaban J connectivity index is 1.93. The fraction of sp³-hybridized carbons (Fsp3) is 0.667. The van der Waals surface area contributed by atoms with E-state index in [0.717, 1.165) is 25.7 Å². The molecular weight excluding hydrogens is 288 g/mol. The molecule has 1 aliphatic rings. The summed E-state index contributed by atoms with van der Waals surface area (Å²) in [6.07, 6.45) is 5.71. The molecule has 0 bridgehead atoms. The van der Waals surface area contributed by atoms with Crippen LogP contribution in [0.25, 0.3) is 0 Å². The lowest BCUT2D eigenvalue weighted by Crippen LogP contribution is -2.30. The van der Waals surface area contributed by atoms with Gasteiger partial charge in [0, 0.05) is 24.5 Å². The number of hydrogen-bond acceptors (Lipinski definition) is 4. The topological polar surface area (TPSA) is 82.2 Å². The first-order valence-electron chi connectivity index (χ1n) is 7.56. The van der Waals surface area contributed by atoms with E-state index in [1.807, 2.05) is 0 Å². The van der Waals surface area contributed by atoms with Gasteiger partial charge in [-0.2, -0.15) is 0 Å². The first-order valence-corrected chi connectivity index (χ1v) is 9.27. The lowest BCUT2D eigenvalue weighted by atomic mass is 9.91. The van der Waals surface area contributed by atoms with Crippen molar-refractivity contribution < 1.29 is 8.42 Å². The quantitative estimate of drug-likeness (QED) is 0.899. The third kappa shape index (κ3) is 4.33. The van der Waals surface area contributed by atoms with Crippen LogP contribution in [0.5, 0.6) is 0 Å². The van der Waals surface area contributed by atoms with E-state index in [9.17, 15) is 13.2 Å². The lowest BCUT2D eigenvalue weighted by molar-refractivity contribution is 0.381. The molecule has 0 radical (unpaired) electrons. The molecule has 21 heavy (non-hydrogen) atoms. The Kier molecular flexibility index (Phi) is 5.08. The summed E-state index contributed by atoms with van der Waals surface area (Å²) in [6.45, 7) is 2.51. The molecule has 118 valence electrons. The van der Waals surface area contributed by atoms with Crippen LogP contribution in [0.2, 0.25) is 0 Å². The van der Waals surface area contributed by atoms with E-state index in [-0.39, 0.29) is 16.6 Å². The number of anilines is 1. The number of pyridine rings is 1. The van der Waals surface area contributed by atoms with Crippen LogP contribution >= 0.6 is 0 Å². The minimum Gasteiger partial charge on any atom is -0.398 e. The summed E-state index contributed by atoms with van der Waals surface area (Å²) in [7, 11) is -3.06. The minimum absolute atomic E-state index is 0.144. The predicted octanol–water partition coefficient (Wildman–Crippen LogP) is 1.81. The second-order valence-corrected chi connectivity index (χ2v) is 8.51. The van der Waals surface area contributed by atoms with Gasteiger partial charge in [0.2, 0.25) is 0 Å². The van der Waals surface area contributed by atoms with Gasteiger partial charge < -0.3 is 10.3 Å². The van der Waals surface area contributed by atoms with Crippen molar-refractivity contribution in [1.29, 1.82) is 0 Å². The highest BCUT2D eigenvalue weighted by molar-refractivity contribution is 7.92. The van der Waals surface area contributed by atoms with Gasteiger partial charge in [-0.05, 0) is 31.2 Å². The number of hydrogen-bond donors (Lipinski definition) is 1. The van der Waals surface area contributed by atoms with Crippen molar-refractivity contribution >= 4 is 15.5 Å². The number of sulfone groups is 1. The van der Waals surface area contributed by atoms with Crippen LogP contribution in [-0.2, 0) is 16.4 Å². The summed E-state index contributed by atoms with van der Waals surface area (Å²) in [5, 5.41) is -0.196. The van der Waals surface area contributed by atoms with Gasteiger partial charge in [0.05, 0.1) is 11.0 Å². The third-order valence-corrected chi connectivity index (χ3v) is 6.53. The van der Waals surface area contributed by atoms with Crippen molar-refractivity contribution in [2.24, 2.45) is 5.92 Å². The van der Waals surface area contributed by atoms with Crippen LogP contribution < -0.4 is 11.3 Å². The fourth-order valence-corrected chi connectivity index (χ4v) is 5.04. The van der Waals surface area contributed by atoms with Crippen LogP contribution in [0, 0.1) is 5.92 Å². The van der Waals surface area contributed by atoms with Crippen LogP contribution in [-0.4, -0.2) is 24.0 Å². The molecule has 0 saturated heterocycles. The van der Waals surface area contributed by atoms with Gasteiger partial charge in [-0.3, -0.25) is 4.79 Å². The molecule has 6 heteroatoms. The smallest absolute Gasteiger partial charge is 0.250 e. The van der Waals surface area contributed by atoms with Crippen LogP contribution in [0.1, 0.15) is 39.0 Å². The zero-order valence-corrected chi connectivity index (χ0v) is 13.3. The molecule has 0 aliphatic heterocycles. The normalized spacial score (nSPS) is 23.1. The maximum absolute atomic E-state index is 12.4. The molecule has 1 aromatic rings. The minimum atomic E-state index is -3.06. The zero-order valence-electron chi connectivity index (χ0n) is 12.5. The van der Waals surface area contributed by atoms with E-state index in [2.05, 4.69) is 6.92 Å². The summed E-state index contributed by atoms with van der Waals surface area (Å²) >= 11 is 0. The molecule has 0 amide bonds. The Bertz CT molecular complexity index is 637. The standard InChI is InChI=1S/C15H24N2O3S/c1-12-4-2-5-14(10-12)21(19,20)9-3-8-17-11-13(16)6-7-15(17)18/h6-7,11-12,14H,2-5,8-10,16H2,1H3. The van der Waals surface area contributed by atoms with E-state index in [1.54, 1.807) is 12.3 Å². The average molecular weight is 312 g/mol. The van der Waals surface area contributed by atoms with Crippen molar-refractivity contribution in [2.45, 2.75) is 50.8 Å². The Morgan fingerprint density at radius 3 is 2.81 bits per heavy atom. The molecule has 2 N–H and O–H groups in total. The molecule has 1 aromatic heterocycles. The van der Waals surface area contributed by atoms with E-state index in [1.165, 1.54) is 10.6 Å². The summed E-state index contributed by atoms with van der Waals surface area (Å²) in [4.78, 5) is 11.6. The highest BCUT2D eigenvalue weighted by Gasteiger charge is 2.29. The lowest BCUT2D eigenvalue weighted by Gasteiger charge is -2.26. The van der Waals surface area contributed by atoms with E-state index in [0.29, 0.717) is 24.6 Å². The molecule has 1 saturated carbocycles. The highest BCUT2D eigenvalue weighted by atomic mass is 32.2. The molecule has 0 aromatic carbocycles. The molecule has 0 spiro atoms. The summed E-state index contributed by atoms with van der Waals surface area (Å²) < 4.78 is 26.2. The van der Waals surface area contributed by atoms with E-state index in [4.69, 9.17) is 5.73 Å². The summed E-state index contributed by atoms with van der Waals surface area (Å²) in [5.41, 5.74) is 6.01. The molecule has 1 fully saturated rings. The van der Waals surface area contributed by atoms with Gasteiger partial charge >= 0.3 is 0 Å². The fourth-order valence-electron chi connectivity index (χ4n) is 3.03. The Labute approximate surface area is 126 Å². The van der Waals surface area contributed by atoms with Crippen molar-refractivity contribution in [1.82, 2.24) is 4.57 Å². The molecular formula is C15H24N2O3S. The van der Waals surface area contributed by atoms with Crippen molar-refractivity contribution in [2.75, 3.05) is 11.5 Å². The number of nitrogens with zero attached hydrogens (tertiary/aromatic N) is 1. The van der Waals surface area contributed by atoms with E-state index < -0.39 is 9.84 Å². The number of nitrogen functional groups attached to an aromatic ring is 1. The Hall–Kier alpha value is -1.30. The van der Waals surface area contributed by atoms with Gasteiger partial charge in [0.25, 0.3) is 5.56 Å². The largest absolute Gasteiger partial charge is 0.398 e.